The fourth-order valence-corrected chi connectivity index (χ4v) is 3.00. The first-order valence-corrected chi connectivity index (χ1v) is 8.58. The zero-order valence-electron chi connectivity index (χ0n) is 15.1. The molecule has 1 amide bonds. The van der Waals surface area contributed by atoms with Gasteiger partial charge in [-0.05, 0) is 24.3 Å². The second-order valence-electron chi connectivity index (χ2n) is 6.50. The van der Waals surface area contributed by atoms with Gasteiger partial charge in [-0.3, -0.25) is 9.69 Å². The number of carbonyl (C=O) groups is 1. The van der Waals surface area contributed by atoms with E-state index in [0.29, 0.717) is 11.3 Å². The molecule has 2 aromatic rings. The summed E-state index contributed by atoms with van der Waals surface area (Å²) < 4.78 is 42.5. The fraction of sp³-hybridized carbons (Fsp3) is 0.250. The zero-order valence-corrected chi connectivity index (χ0v) is 15.1. The number of halogens is 3. The standard InChI is InChI=1S/C20H19F3N2O3/c1-28-12-11-25(27)13-18(15-5-3-2-4-6-15)24(14-25)19(26)16-7-9-17(10-8-16)20(21,22)23/h2-10,13H,11-12,14H2,1H3. The van der Waals surface area contributed by atoms with Gasteiger partial charge in [-0.25, -0.2) is 0 Å². The second kappa shape index (κ2) is 7.75. The Morgan fingerprint density at radius 2 is 1.79 bits per heavy atom. The van der Waals surface area contributed by atoms with E-state index in [1.54, 1.807) is 24.3 Å². The Kier molecular flexibility index (Phi) is 5.55. The van der Waals surface area contributed by atoms with E-state index >= 15 is 0 Å². The minimum Gasteiger partial charge on any atom is -0.626 e. The molecule has 0 aromatic heterocycles. The lowest BCUT2D eigenvalue weighted by molar-refractivity contribution is -0.830. The SMILES string of the molecule is COCC[N+]1([O-])C=C(c2ccccc2)N(C(=O)c2ccc(C(F)(F)F)cc2)C1. The second-order valence-corrected chi connectivity index (χ2v) is 6.50. The van der Waals surface area contributed by atoms with Crippen LogP contribution in [0.25, 0.3) is 5.70 Å². The Morgan fingerprint density at radius 1 is 1.14 bits per heavy atom. The van der Waals surface area contributed by atoms with Crippen LogP contribution in [0.1, 0.15) is 21.5 Å². The molecule has 5 nitrogen and oxygen atoms in total. The van der Waals surface area contributed by atoms with Gasteiger partial charge in [0, 0.05) is 18.2 Å². The predicted octanol–water partition coefficient (Wildman–Crippen LogP) is 4.08. The van der Waals surface area contributed by atoms with Gasteiger partial charge in [-0.15, -0.1) is 0 Å². The van der Waals surface area contributed by atoms with Gasteiger partial charge >= 0.3 is 6.18 Å². The molecule has 28 heavy (non-hydrogen) atoms. The average molecular weight is 392 g/mol. The molecule has 0 spiro atoms. The number of rotatable bonds is 5. The Morgan fingerprint density at radius 3 is 2.36 bits per heavy atom. The van der Waals surface area contributed by atoms with Crippen LogP contribution in [0.4, 0.5) is 13.2 Å². The van der Waals surface area contributed by atoms with E-state index in [1.165, 1.54) is 18.2 Å². The number of alkyl halides is 3. The maximum absolute atomic E-state index is 13.0. The van der Waals surface area contributed by atoms with Crippen molar-refractivity contribution < 1.29 is 27.3 Å². The van der Waals surface area contributed by atoms with Gasteiger partial charge in [-0.1, -0.05) is 30.3 Å². The molecule has 0 bridgehead atoms. The van der Waals surface area contributed by atoms with E-state index in [1.807, 2.05) is 6.07 Å². The molecular formula is C20H19F3N2O3. The van der Waals surface area contributed by atoms with Gasteiger partial charge in [0.15, 0.2) is 6.67 Å². The smallest absolute Gasteiger partial charge is 0.416 e. The van der Waals surface area contributed by atoms with Crippen LogP contribution < -0.4 is 0 Å². The quantitative estimate of drug-likeness (QED) is 0.569. The van der Waals surface area contributed by atoms with Crippen molar-refractivity contribution in [2.45, 2.75) is 6.18 Å². The Bertz CT molecular complexity index is 867. The molecule has 0 saturated carbocycles. The molecule has 0 aliphatic carbocycles. The minimum absolute atomic E-state index is 0.0787. The summed E-state index contributed by atoms with van der Waals surface area (Å²) >= 11 is 0. The molecule has 148 valence electrons. The molecule has 3 rings (SSSR count). The van der Waals surface area contributed by atoms with Gasteiger partial charge in [0.2, 0.25) is 0 Å². The lowest BCUT2D eigenvalue weighted by Crippen LogP contribution is -2.43. The maximum Gasteiger partial charge on any atom is 0.416 e. The van der Waals surface area contributed by atoms with Crippen molar-refractivity contribution >= 4 is 11.6 Å². The summed E-state index contributed by atoms with van der Waals surface area (Å²) in [4.78, 5) is 14.3. The van der Waals surface area contributed by atoms with E-state index in [4.69, 9.17) is 4.74 Å². The van der Waals surface area contributed by atoms with E-state index in [9.17, 15) is 23.2 Å². The Balaban J connectivity index is 1.92. The number of hydrogen-bond acceptors (Lipinski definition) is 3. The largest absolute Gasteiger partial charge is 0.626 e. The molecule has 0 fully saturated rings. The molecular weight excluding hydrogens is 373 g/mol. The first-order valence-electron chi connectivity index (χ1n) is 8.58. The first-order chi connectivity index (χ1) is 13.2. The van der Waals surface area contributed by atoms with Crippen LogP contribution in [0.5, 0.6) is 0 Å². The molecule has 0 saturated heterocycles. The summed E-state index contributed by atoms with van der Waals surface area (Å²) in [7, 11) is 1.48. The van der Waals surface area contributed by atoms with Gasteiger partial charge in [0.05, 0.1) is 12.2 Å². The third kappa shape index (κ3) is 4.24. The number of ether oxygens (including phenoxy) is 1. The lowest BCUT2D eigenvalue weighted by Gasteiger charge is -2.36. The van der Waals surface area contributed by atoms with Gasteiger partial charge in [0.25, 0.3) is 5.91 Å². The monoisotopic (exact) mass is 392 g/mol. The molecule has 0 radical (unpaired) electrons. The van der Waals surface area contributed by atoms with Crippen LogP contribution in [0, 0.1) is 5.21 Å². The lowest BCUT2D eigenvalue weighted by atomic mass is 10.1. The molecule has 1 aliphatic rings. The van der Waals surface area contributed by atoms with E-state index in [2.05, 4.69) is 0 Å². The van der Waals surface area contributed by atoms with Crippen LogP contribution in [0.2, 0.25) is 0 Å². The van der Waals surface area contributed by atoms with Crippen molar-refractivity contribution in [1.82, 2.24) is 4.90 Å². The van der Waals surface area contributed by atoms with E-state index in [-0.39, 0.29) is 25.4 Å². The minimum atomic E-state index is -4.48. The molecule has 1 heterocycles. The highest BCUT2D eigenvalue weighted by atomic mass is 19.4. The fourth-order valence-electron chi connectivity index (χ4n) is 3.00. The predicted molar refractivity (Wildman–Crippen MR) is 97.3 cm³/mol. The number of benzene rings is 2. The number of quaternary nitrogens is 1. The Labute approximate surface area is 160 Å². The topological polar surface area (TPSA) is 52.6 Å². The van der Waals surface area contributed by atoms with E-state index < -0.39 is 22.3 Å². The molecule has 0 N–H and O–H groups in total. The molecule has 1 aliphatic heterocycles. The zero-order chi connectivity index (χ0) is 20.4. The number of amides is 1. The summed E-state index contributed by atoms with van der Waals surface area (Å²) in [5.41, 5.74) is 0.348. The first kappa shape index (κ1) is 20.1. The van der Waals surface area contributed by atoms with Gasteiger partial charge < -0.3 is 14.6 Å². The third-order valence-corrected chi connectivity index (χ3v) is 4.48. The van der Waals surface area contributed by atoms with E-state index in [0.717, 1.165) is 24.3 Å². The highest BCUT2D eigenvalue weighted by Gasteiger charge is 2.36. The number of nitrogens with zero attached hydrogens (tertiary/aromatic N) is 2. The van der Waals surface area contributed by atoms with Crippen molar-refractivity contribution in [2.24, 2.45) is 0 Å². The van der Waals surface area contributed by atoms with Crippen molar-refractivity contribution in [1.29, 1.82) is 0 Å². The Hall–Kier alpha value is -2.68. The summed E-state index contributed by atoms with van der Waals surface area (Å²) in [5, 5.41) is 13.0. The average Bonchev–Trinajstić information content (AvgIpc) is 3.04. The summed E-state index contributed by atoms with van der Waals surface area (Å²) in [6.07, 6.45) is -3.04. The van der Waals surface area contributed by atoms with Crippen molar-refractivity contribution in [2.75, 3.05) is 26.9 Å². The highest BCUT2D eigenvalue weighted by Crippen LogP contribution is 2.33. The number of methoxy groups -OCH3 is 1. The molecule has 1 atom stereocenters. The number of hydroxylamine groups is 3. The van der Waals surface area contributed by atoms with Crippen LogP contribution in [-0.4, -0.2) is 42.4 Å². The maximum atomic E-state index is 13.0. The van der Waals surface area contributed by atoms with Crippen molar-refractivity contribution in [3.8, 4) is 0 Å². The molecule has 1 unspecified atom stereocenters. The van der Waals surface area contributed by atoms with Crippen LogP contribution >= 0.6 is 0 Å². The highest BCUT2D eigenvalue weighted by molar-refractivity contribution is 5.99. The number of carbonyl (C=O) groups excluding carboxylic acids is 1. The van der Waals surface area contributed by atoms with Crippen LogP contribution in [0.3, 0.4) is 0 Å². The van der Waals surface area contributed by atoms with Crippen molar-refractivity contribution in [3.05, 3.63) is 82.7 Å². The summed E-state index contributed by atoms with van der Waals surface area (Å²) in [6.45, 7) is 0.154. The van der Waals surface area contributed by atoms with Crippen LogP contribution in [0.15, 0.2) is 60.8 Å². The number of hydrogen-bond donors (Lipinski definition) is 0. The third-order valence-electron chi connectivity index (χ3n) is 4.48. The van der Waals surface area contributed by atoms with Crippen molar-refractivity contribution in [3.63, 3.8) is 0 Å². The van der Waals surface area contributed by atoms with Crippen LogP contribution in [-0.2, 0) is 10.9 Å². The molecule has 2 aromatic carbocycles. The van der Waals surface area contributed by atoms with Gasteiger partial charge in [0.1, 0.15) is 18.4 Å². The normalized spacial score (nSPS) is 19.6. The van der Waals surface area contributed by atoms with Gasteiger partial charge in [-0.2, -0.15) is 13.2 Å². The summed E-state index contributed by atoms with van der Waals surface area (Å²) in [5.74, 6) is -0.530. The molecule has 8 heteroatoms. The summed E-state index contributed by atoms with van der Waals surface area (Å²) in [6, 6.07) is 12.9.